The van der Waals surface area contributed by atoms with E-state index in [9.17, 15) is 9.18 Å². The van der Waals surface area contributed by atoms with E-state index in [1.165, 1.54) is 18.3 Å². The number of rotatable bonds is 6. The van der Waals surface area contributed by atoms with Crippen LogP contribution in [0, 0.1) is 12.7 Å². The third-order valence-corrected chi connectivity index (χ3v) is 4.24. The third-order valence-electron chi connectivity index (χ3n) is 4.00. The van der Waals surface area contributed by atoms with Gasteiger partial charge < -0.3 is 4.74 Å². The number of aryl methyl sites for hydroxylation is 1. The van der Waals surface area contributed by atoms with Crippen molar-refractivity contribution in [2.75, 3.05) is 0 Å². The zero-order chi connectivity index (χ0) is 20.1. The summed E-state index contributed by atoms with van der Waals surface area (Å²) in [5.74, 6) is -0.156. The van der Waals surface area contributed by atoms with Crippen molar-refractivity contribution in [2.45, 2.75) is 20.0 Å². The molecular formula is C20H18ClFN4O2. The van der Waals surface area contributed by atoms with Gasteiger partial charge in [-0.25, -0.2) is 9.82 Å². The second kappa shape index (κ2) is 8.67. The first-order valence-corrected chi connectivity index (χ1v) is 8.87. The summed E-state index contributed by atoms with van der Waals surface area (Å²) in [6.45, 7) is 3.47. The molecule has 0 saturated heterocycles. The second-order valence-electron chi connectivity index (χ2n) is 6.11. The van der Waals surface area contributed by atoms with E-state index in [0.29, 0.717) is 16.5 Å². The fraction of sp³-hybridized carbons (Fsp3) is 0.150. The van der Waals surface area contributed by atoms with Gasteiger partial charge in [-0.3, -0.25) is 9.89 Å². The van der Waals surface area contributed by atoms with E-state index < -0.39 is 12.0 Å². The van der Waals surface area contributed by atoms with E-state index in [2.05, 4.69) is 20.7 Å². The van der Waals surface area contributed by atoms with Gasteiger partial charge in [0.25, 0.3) is 5.91 Å². The number of amides is 1. The standard InChI is InChI=1S/C20H18ClFN4O2/c1-12-9-15(21)5-8-19(12)28-13(2)20(27)26-24-11-18-17(10-23-25-18)14-3-6-16(22)7-4-14/h3-11,13H,1-2H3,(H,23,25)(H,26,27). The lowest BCUT2D eigenvalue weighted by atomic mass is 10.1. The number of hydrazone groups is 1. The molecule has 0 aliphatic heterocycles. The number of H-pyrrole nitrogens is 1. The highest BCUT2D eigenvalue weighted by molar-refractivity contribution is 6.30. The third kappa shape index (κ3) is 4.75. The molecule has 2 aromatic carbocycles. The highest BCUT2D eigenvalue weighted by Gasteiger charge is 2.15. The number of halogens is 2. The van der Waals surface area contributed by atoms with Crippen molar-refractivity contribution in [2.24, 2.45) is 5.10 Å². The summed E-state index contributed by atoms with van der Waals surface area (Å²) in [5, 5.41) is 11.3. The predicted octanol–water partition coefficient (Wildman–Crippen LogP) is 4.10. The predicted molar refractivity (Wildman–Crippen MR) is 106 cm³/mol. The molecule has 8 heteroatoms. The zero-order valence-corrected chi connectivity index (χ0v) is 16.0. The second-order valence-corrected chi connectivity index (χ2v) is 6.54. The van der Waals surface area contributed by atoms with Gasteiger partial charge in [0.15, 0.2) is 6.10 Å². The lowest BCUT2D eigenvalue weighted by molar-refractivity contribution is -0.127. The summed E-state index contributed by atoms with van der Waals surface area (Å²) in [4.78, 5) is 12.2. The molecule has 1 atom stereocenters. The molecule has 0 aliphatic rings. The Bertz CT molecular complexity index is 1000. The minimum atomic E-state index is -0.754. The zero-order valence-electron chi connectivity index (χ0n) is 15.2. The van der Waals surface area contributed by atoms with Gasteiger partial charge in [-0.15, -0.1) is 0 Å². The quantitative estimate of drug-likeness (QED) is 0.483. The molecule has 2 N–H and O–H groups in total. The number of hydrogen-bond acceptors (Lipinski definition) is 4. The topological polar surface area (TPSA) is 79.4 Å². The van der Waals surface area contributed by atoms with E-state index in [0.717, 1.165) is 16.7 Å². The highest BCUT2D eigenvalue weighted by Crippen LogP contribution is 2.23. The number of hydrogen-bond donors (Lipinski definition) is 2. The van der Waals surface area contributed by atoms with Crippen LogP contribution in [-0.4, -0.2) is 28.4 Å². The van der Waals surface area contributed by atoms with Crippen LogP contribution in [0.15, 0.2) is 53.8 Å². The first-order chi connectivity index (χ1) is 13.4. The van der Waals surface area contributed by atoms with Crippen LogP contribution in [0.2, 0.25) is 5.02 Å². The molecule has 1 unspecified atom stereocenters. The monoisotopic (exact) mass is 400 g/mol. The van der Waals surface area contributed by atoms with Crippen molar-refractivity contribution in [1.82, 2.24) is 15.6 Å². The van der Waals surface area contributed by atoms with E-state index in [1.54, 1.807) is 43.5 Å². The smallest absolute Gasteiger partial charge is 0.280 e. The van der Waals surface area contributed by atoms with Crippen LogP contribution in [0.4, 0.5) is 4.39 Å². The van der Waals surface area contributed by atoms with E-state index in [4.69, 9.17) is 16.3 Å². The van der Waals surface area contributed by atoms with Crippen molar-refractivity contribution in [3.63, 3.8) is 0 Å². The maximum atomic E-state index is 13.1. The van der Waals surface area contributed by atoms with Crippen molar-refractivity contribution in [3.8, 4) is 16.9 Å². The van der Waals surface area contributed by atoms with Gasteiger partial charge in [-0.1, -0.05) is 23.7 Å². The average Bonchev–Trinajstić information content (AvgIpc) is 3.13. The Morgan fingerprint density at radius 3 is 2.79 bits per heavy atom. The number of ether oxygens (including phenoxy) is 1. The Morgan fingerprint density at radius 1 is 1.32 bits per heavy atom. The fourth-order valence-corrected chi connectivity index (χ4v) is 2.72. The van der Waals surface area contributed by atoms with Crippen LogP contribution >= 0.6 is 11.6 Å². The first kappa shape index (κ1) is 19.6. The summed E-state index contributed by atoms with van der Waals surface area (Å²) in [6.07, 6.45) is 2.28. The minimum absolute atomic E-state index is 0.320. The lowest BCUT2D eigenvalue weighted by Crippen LogP contribution is -2.33. The molecule has 3 aromatic rings. The number of nitrogens with zero attached hydrogens (tertiary/aromatic N) is 2. The number of carbonyl (C=O) groups is 1. The van der Waals surface area contributed by atoms with Crippen molar-refractivity contribution >= 4 is 23.7 Å². The van der Waals surface area contributed by atoms with Crippen molar-refractivity contribution in [1.29, 1.82) is 0 Å². The maximum Gasteiger partial charge on any atom is 0.280 e. The van der Waals surface area contributed by atoms with Gasteiger partial charge in [0.05, 0.1) is 18.1 Å². The van der Waals surface area contributed by atoms with Crippen LogP contribution in [0.5, 0.6) is 5.75 Å². The molecule has 0 bridgehead atoms. The van der Waals surface area contributed by atoms with Crippen LogP contribution in [0.1, 0.15) is 18.2 Å². The Labute approximate surface area is 166 Å². The van der Waals surface area contributed by atoms with Gasteiger partial charge in [0, 0.05) is 10.6 Å². The molecule has 1 aromatic heterocycles. The van der Waals surface area contributed by atoms with E-state index >= 15 is 0 Å². The Morgan fingerprint density at radius 2 is 2.07 bits per heavy atom. The first-order valence-electron chi connectivity index (χ1n) is 8.49. The molecule has 6 nitrogen and oxygen atoms in total. The van der Waals surface area contributed by atoms with Crippen molar-refractivity contribution < 1.29 is 13.9 Å². The van der Waals surface area contributed by atoms with E-state index in [-0.39, 0.29) is 5.82 Å². The molecule has 0 radical (unpaired) electrons. The van der Waals surface area contributed by atoms with Gasteiger partial charge in [0.1, 0.15) is 11.6 Å². The van der Waals surface area contributed by atoms with Crippen LogP contribution in [0.25, 0.3) is 11.1 Å². The van der Waals surface area contributed by atoms with Gasteiger partial charge in [-0.05, 0) is 55.3 Å². The number of benzene rings is 2. The summed E-state index contributed by atoms with van der Waals surface area (Å²) in [5.41, 5.74) is 5.35. The van der Waals surface area contributed by atoms with Gasteiger partial charge in [-0.2, -0.15) is 10.2 Å². The largest absolute Gasteiger partial charge is 0.481 e. The van der Waals surface area contributed by atoms with Crippen LogP contribution in [0.3, 0.4) is 0 Å². The molecule has 144 valence electrons. The Hall–Kier alpha value is -3.19. The van der Waals surface area contributed by atoms with Crippen LogP contribution < -0.4 is 10.2 Å². The summed E-state index contributed by atoms with van der Waals surface area (Å²) < 4.78 is 18.7. The molecule has 0 aliphatic carbocycles. The van der Waals surface area contributed by atoms with Gasteiger partial charge in [0.2, 0.25) is 0 Å². The Kier molecular flexibility index (Phi) is 6.06. The summed E-state index contributed by atoms with van der Waals surface area (Å²) in [7, 11) is 0. The number of aromatic nitrogens is 2. The number of carbonyl (C=O) groups excluding carboxylic acids is 1. The normalized spacial score (nSPS) is 12.1. The minimum Gasteiger partial charge on any atom is -0.481 e. The highest BCUT2D eigenvalue weighted by atomic mass is 35.5. The molecule has 1 heterocycles. The number of aromatic amines is 1. The molecule has 1 amide bonds. The summed E-state index contributed by atoms with van der Waals surface area (Å²) >= 11 is 5.92. The molecule has 28 heavy (non-hydrogen) atoms. The van der Waals surface area contributed by atoms with Crippen LogP contribution in [-0.2, 0) is 4.79 Å². The SMILES string of the molecule is Cc1cc(Cl)ccc1OC(C)C(=O)NN=Cc1[nH]ncc1-c1ccc(F)cc1. The molecule has 0 fully saturated rings. The number of nitrogens with one attached hydrogen (secondary N) is 2. The van der Waals surface area contributed by atoms with E-state index in [1.807, 2.05) is 6.92 Å². The molecule has 0 spiro atoms. The molecule has 0 saturated carbocycles. The van der Waals surface area contributed by atoms with Gasteiger partial charge >= 0.3 is 0 Å². The lowest BCUT2D eigenvalue weighted by Gasteiger charge is -2.14. The summed E-state index contributed by atoms with van der Waals surface area (Å²) in [6, 6.07) is 11.2. The van der Waals surface area contributed by atoms with Crippen molar-refractivity contribution in [3.05, 3.63) is 70.8 Å². The maximum absolute atomic E-state index is 13.1. The molecular weight excluding hydrogens is 383 g/mol. The average molecular weight is 401 g/mol. The molecule has 3 rings (SSSR count). The Balaban J connectivity index is 1.62. The fourth-order valence-electron chi connectivity index (χ4n) is 2.49.